The molecule has 12 atom stereocenters. The lowest BCUT2D eigenvalue weighted by Gasteiger charge is -2.36. The number of phenols is 2. The average Bonchev–Trinajstić information content (AvgIpc) is 0.816. The van der Waals surface area contributed by atoms with Gasteiger partial charge in [0.1, 0.15) is 40.2 Å². The van der Waals surface area contributed by atoms with Crippen LogP contribution in [0.1, 0.15) is 310 Å². The maximum atomic E-state index is 9.01. The van der Waals surface area contributed by atoms with Gasteiger partial charge in [0.15, 0.2) is 12.6 Å². The van der Waals surface area contributed by atoms with E-state index < -0.39 is 0 Å². The quantitative estimate of drug-likeness (QED) is 0.0436. The predicted octanol–water partition coefficient (Wildman–Crippen LogP) is 27.7. The van der Waals surface area contributed by atoms with Crippen molar-refractivity contribution in [2.75, 3.05) is 6.61 Å². The van der Waals surface area contributed by atoms with E-state index in [1.165, 1.54) is 33.4 Å². The summed E-state index contributed by atoms with van der Waals surface area (Å²) < 4.78 is 53.5. The highest BCUT2D eigenvalue weighted by Crippen LogP contribution is 2.39. The van der Waals surface area contributed by atoms with Crippen molar-refractivity contribution in [2.45, 2.75) is 303 Å². The minimum Gasteiger partial charge on any atom is -0.508 e. The molecule has 9 rings (SSSR count). The normalized spacial score (nSPS) is 15.6. The van der Waals surface area contributed by atoms with E-state index in [-0.39, 0.29) is 60.4 Å². The van der Waals surface area contributed by atoms with Crippen LogP contribution in [0.25, 0.3) is 0 Å². The summed E-state index contributed by atoms with van der Waals surface area (Å²) in [5.41, 5.74) is 9.99. The first-order chi connectivity index (χ1) is 51.2. The van der Waals surface area contributed by atoms with Crippen LogP contribution in [0.4, 0.5) is 0 Å². The van der Waals surface area contributed by atoms with Gasteiger partial charge in [0.2, 0.25) is 12.6 Å². The Labute approximate surface area is 654 Å². The monoisotopic (exact) mass is 1480 g/mol. The number of ether oxygens (including phenoxy) is 9. The Balaban J connectivity index is 0.000000282. The smallest absolute Gasteiger partial charge is 0.205 e. The van der Waals surface area contributed by atoms with E-state index in [4.69, 9.17) is 52.8 Å². The van der Waals surface area contributed by atoms with Crippen LogP contribution in [-0.4, -0.2) is 54.2 Å². The zero-order valence-corrected chi connectivity index (χ0v) is 70.9. The molecule has 0 fully saturated rings. The summed E-state index contributed by atoms with van der Waals surface area (Å²) in [4.78, 5) is 0. The highest BCUT2D eigenvalue weighted by atomic mass is 16.7. The maximum absolute atomic E-state index is 9.01. The summed E-state index contributed by atoms with van der Waals surface area (Å²) in [6, 6.07) is 66.7. The topological polar surface area (TPSA) is 124 Å². The minimum absolute atomic E-state index is 0.0152. The number of hydrogen-bond acceptors (Lipinski definition) is 11. The molecule has 0 aromatic heterocycles. The Morgan fingerprint density at radius 2 is 0.620 bits per heavy atom. The molecule has 0 radical (unpaired) electrons. The van der Waals surface area contributed by atoms with Crippen molar-refractivity contribution in [1.29, 1.82) is 0 Å². The van der Waals surface area contributed by atoms with E-state index in [0.717, 1.165) is 84.8 Å². The Hall–Kier alpha value is -7.80. The fourth-order valence-corrected chi connectivity index (χ4v) is 11.4. The van der Waals surface area contributed by atoms with Crippen LogP contribution in [0.5, 0.6) is 40.2 Å². The Morgan fingerprint density at radius 3 is 0.926 bits per heavy atom. The zero-order valence-electron chi connectivity index (χ0n) is 70.9. The molecular weight excluding hydrogens is 1340 g/mol. The lowest BCUT2D eigenvalue weighted by Crippen LogP contribution is -2.37. The largest absolute Gasteiger partial charge is 0.508 e. The second-order valence-corrected chi connectivity index (χ2v) is 31.7. The van der Waals surface area contributed by atoms with Crippen LogP contribution >= 0.6 is 0 Å². The van der Waals surface area contributed by atoms with Crippen molar-refractivity contribution < 1.29 is 52.8 Å². The number of benzene rings is 8. The average molecular weight is 1480 g/mol. The molecule has 0 saturated heterocycles. The van der Waals surface area contributed by atoms with E-state index in [2.05, 4.69) is 223 Å². The van der Waals surface area contributed by atoms with Crippen molar-refractivity contribution in [1.82, 2.24) is 0 Å². The molecule has 1 aliphatic rings. The van der Waals surface area contributed by atoms with Crippen molar-refractivity contribution in [3.63, 3.8) is 0 Å². The van der Waals surface area contributed by atoms with Gasteiger partial charge in [0.05, 0.1) is 31.0 Å². The number of fused-ring (bicyclic) bond motifs is 1. The summed E-state index contributed by atoms with van der Waals surface area (Å²) >= 11 is 0. The summed E-state index contributed by atoms with van der Waals surface area (Å²) in [5.74, 6) is 8.57. The first-order valence-corrected chi connectivity index (χ1v) is 40.2. The van der Waals surface area contributed by atoms with Crippen LogP contribution < -0.4 is 23.7 Å². The van der Waals surface area contributed by atoms with E-state index in [1.807, 2.05) is 126 Å². The molecule has 0 bridgehead atoms. The Morgan fingerprint density at radius 1 is 0.333 bits per heavy atom. The van der Waals surface area contributed by atoms with Gasteiger partial charge in [-0.3, -0.25) is 0 Å². The van der Waals surface area contributed by atoms with E-state index >= 15 is 0 Å². The molecule has 0 aliphatic carbocycles. The van der Waals surface area contributed by atoms with Gasteiger partial charge in [-0.1, -0.05) is 246 Å². The summed E-state index contributed by atoms with van der Waals surface area (Å²) in [6.45, 7) is 54.0. The van der Waals surface area contributed by atoms with Gasteiger partial charge < -0.3 is 52.8 Å². The standard InChI is InChI=1S/C24H32O3.C23H32O2.2C15H24O2.2C10H14O/c1-6-17(2)18-11-13-19(14-12-18)26-23(24(3,4)5)27-22-15-16-25-21-10-8-7-9-20(21)22;1-7-17(2)19-13-15-21(16-14-19)25-22(23(4,5)6)24-18(3)20-11-9-8-10-12-20;2*1-6-12(4)14-7-9-15(10-8-14)17-13(5)16-11(2)3;2*1-3-8(2)9-4-6-10(11)7-5-9/h7-14,17,22-23H,6,15-16H2,1-5H3;8-18,22H,7H2,1-6H3;2*7-13H,6H2,1-5H3;2*4-8,11H,3H2,1-2H3. The summed E-state index contributed by atoms with van der Waals surface area (Å²) in [6.07, 6.45) is 6.97. The molecule has 2 N–H and O–H groups in total. The van der Waals surface area contributed by atoms with E-state index in [9.17, 15) is 0 Å². The molecule has 1 aliphatic heterocycles. The second kappa shape index (κ2) is 48.0. The third-order valence-corrected chi connectivity index (χ3v) is 19.6. The van der Waals surface area contributed by atoms with Crippen LogP contribution in [-0.2, 0) is 18.9 Å². The third-order valence-electron chi connectivity index (χ3n) is 19.6. The van der Waals surface area contributed by atoms with Crippen molar-refractivity contribution in [3.05, 3.63) is 245 Å². The number of hydrogen-bond donors (Lipinski definition) is 2. The fourth-order valence-electron chi connectivity index (χ4n) is 11.4. The zero-order chi connectivity index (χ0) is 80.1. The van der Waals surface area contributed by atoms with Gasteiger partial charge in [0.25, 0.3) is 0 Å². The molecule has 11 nitrogen and oxygen atoms in total. The van der Waals surface area contributed by atoms with Gasteiger partial charge in [-0.15, -0.1) is 0 Å². The molecular formula is C97H140O11. The van der Waals surface area contributed by atoms with Gasteiger partial charge in [-0.05, 0) is 240 Å². The van der Waals surface area contributed by atoms with Gasteiger partial charge in [0, 0.05) is 22.8 Å². The Kier molecular flexibility index (Phi) is 41.1. The molecule has 594 valence electrons. The minimum atomic E-state index is -0.344. The van der Waals surface area contributed by atoms with Crippen LogP contribution in [0, 0.1) is 10.8 Å². The molecule has 0 spiro atoms. The van der Waals surface area contributed by atoms with Crippen LogP contribution in [0.2, 0.25) is 0 Å². The lowest BCUT2D eigenvalue weighted by molar-refractivity contribution is -0.179. The molecule has 8 aromatic rings. The lowest BCUT2D eigenvalue weighted by atomic mass is 9.95. The molecule has 8 aromatic carbocycles. The van der Waals surface area contributed by atoms with Crippen molar-refractivity contribution in [2.24, 2.45) is 10.8 Å². The third kappa shape index (κ3) is 34.0. The van der Waals surface area contributed by atoms with Gasteiger partial charge in [-0.25, -0.2) is 0 Å². The first-order valence-electron chi connectivity index (χ1n) is 40.2. The molecule has 108 heavy (non-hydrogen) atoms. The van der Waals surface area contributed by atoms with E-state index in [1.54, 1.807) is 24.3 Å². The molecule has 11 heteroatoms. The first kappa shape index (κ1) is 92.6. The van der Waals surface area contributed by atoms with Gasteiger partial charge >= 0.3 is 0 Å². The number of para-hydroxylation sites is 1. The van der Waals surface area contributed by atoms with Gasteiger partial charge in [-0.2, -0.15) is 0 Å². The number of rotatable bonds is 29. The van der Waals surface area contributed by atoms with Crippen molar-refractivity contribution in [3.8, 4) is 40.2 Å². The van der Waals surface area contributed by atoms with Crippen LogP contribution in [0.3, 0.4) is 0 Å². The number of phenolic OH excluding ortho intramolecular Hbond substituents is 2. The van der Waals surface area contributed by atoms with Crippen LogP contribution in [0.15, 0.2) is 200 Å². The SMILES string of the molecule is CCC(C)c1ccc(O)cc1.CCC(C)c1ccc(O)cc1.CCC(C)c1ccc(OC(C)OC(C)C)cc1.CCC(C)c1ccc(OC(C)OC(C)C)cc1.CCC(C)c1ccc(OC(OC(C)c2ccccc2)C(C)(C)C)cc1.CCC(C)c1ccc(OC(OC2CCOc3ccccc32)C(C)(C)C)cc1. The fraction of sp³-hybridized carbons (Fsp3) is 0.505. The maximum Gasteiger partial charge on any atom is 0.205 e. The second-order valence-electron chi connectivity index (χ2n) is 31.7. The van der Waals surface area contributed by atoms with Crippen molar-refractivity contribution >= 4 is 0 Å². The molecule has 12 unspecified atom stereocenters. The molecule has 0 amide bonds. The van der Waals surface area contributed by atoms with E-state index in [0.29, 0.717) is 53.6 Å². The molecule has 0 saturated carbocycles. The number of aromatic hydroxyl groups is 2. The highest BCUT2D eigenvalue weighted by Gasteiger charge is 2.34. The predicted molar refractivity (Wildman–Crippen MR) is 451 cm³/mol. The molecule has 1 heterocycles. The Bertz CT molecular complexity index is 3500. The highest BCUT2D eigenvalue weighted by molar-refractivity contribution is 5.38. The summed E-state index contributed by atoms with van der Waals surface area (Å²) in [5, 5.41) is 18.0. The summed E-state index contributed by atoms with van der Waals surface area (Å²) in [7, 11) is 0.